The van der Waals surface area contributed by atoms with E-state index in [1.54, 1.807) is 12.3 Å². The maximum atomic E-state index is 11.7. The summed E-state index contributed by atoms with van der Waals surface area (Å²) in [5.41, 5.74) is 1.40. The highest BCUT2D eigenvalue weighted by molar-refractivity contribution is 5.93. The van der Waals surface area contributed by atoms with Gasteiger partial charge in [0.25, 0.3) is 5.91 Å². The molecule has 0 atom stereocenters. The standard InChI is InChI=1S/C15H25N3O2/c1-4-16-14(20)13-10-12(6-8-17-13)18-11-15(2,3)7-5-9-19/h6,8,10,19H,4-5,7,9,11H2,1-3H3,(H,16,20)(H,17,18). The van der Waals surface area contributed by atoms with Crippen molar-refractivity contribution in [1.82, 2.24) is 10.3 Å². The number of rotatable bonds is 8. The Kier molecular flexibility index (Phi) is 6.45. The lowest BCUT2D eigenvalue weighted by molar-refractivity contribution is 0.0951. The van der Waals surface area contributed by atoms with E-state index >= 15 is 0 Å². The summed E-state index contributed by atoms with van der Waals surface area (Å²) in [4.78, 5) is 15.8. The third-order valence-electron chi connectivity index (χ3n) is 3.11. The van der Waals surface area contributed by atoms with Crippen LogP contribution in [0.1, 0.15) is 44.1 Å². The average molecular weight is 279 g/mol. The van der Waals surface area contributed by atoms with Crippen LogP contribution in [0.15, 0.2) is 18.3 Å². The minimum absolute atomic E-state index is 0.0951. The highest BCUT2D eigenvalue weighted by atomic mass is 16.2. The minimum atomic E-state index is -0.157. The highest BCUT2D eigenvalue weighted by Crippen LogP contribution is 2.23. The van der Waals surface area contributed by atoms with Gasteiger partial charge in [-0.05, 0) is 37.3 Å². The quantitative estimate of drug-likeness (QED) is 0.681. The molecular weight excluding hydrogens is 254 g/mol. The Balaban J connectivity index is 2.60. The van der Waals surface area contributed by atoms with E-state index in [4.69, 9.17) is 5.11 Å². The molecule has 1 heterocycles. The van der Waals surface area contributed by atoms with Crippen LogP contribution in [0, 0.1) is 5.41 Å². The summed E-state index contributed by atoms with van der Waals surface area (Å²) in [6.45, 7) is 7.78. The number of aliphatic hydroxyl groups is 1. The fourth-order valence-electron chi connectivity index (χ4n) is 1.90. The van der Waals surface area contributed by atoms with Gasteiger partial charge in [-0.15, -0.1) is 0 Å². The van der Waals surface area contributed by atoms with E-state index in [0.29, 0.717) is 12.2 Å². The lowest BCUT2D eigenvalue weighted by Gasteiger charge is -2.25. The predicted octanol–water partition coefficient (Wildman–Crippen LogP) is 2.04. The van der Waals surface area contributed by atoms with Crippen molar-refractivity contribution in [2.75, 3.05) is 25.0 Å². The van der Waals surface area contributed by atoms with E-state index in [9.17, 15) is 4.79 Å². The van der Waals surface area contributed by atoms with Crippen LogP contribution in [-0.2, 0) is 0 Å². The van der Waals surface area contributed by atoms with Crippen LogP contribution in [0.2, 0.25) is 0 Å². The third-order valence-corrected chi connectivity index (χ3v) is 3.11. The van der Waals surface area contributed by atoms with Crippen molar-refractivity contribution in [2.24, 2.45) is 5.41 Å². The summed E-state index contributed by atoms with van der Waals surface area (Å²) in [7, 11) is 0. The number of nitrogens with one attached hydrogen (secondary N) is 2. The molecule has 0 spiro atoms. The number of aliphatic hydroxyl groups excluding tert-OH is 1. The zero-order valence-corrected chi connectivity index (χ0v) is 12.6. The van der Waals surface area contributed by atoms with Crippen molar-refractivity contribution in [3.8, 4) is 0 Å². The third kappa shape index (κ3) is 5.57. The highest BCUT2D eigenvalue weighted by Gasteiger charge is 2.17. The van der Waals surface area contributed by atoms with Crippen molar-refractivity contribution in [2.45, 2.75) is 33.6 Å². The number of hydrogen-bond acceptors (Lipinski definition) is 4. The zero-order chi connectivity index (χ0) is 15.0. The van der Waals surface area contributed by atoms with Crippen molar-refractivity contribution in [3.63, 3.8) is 0 Å². The van der Waals surface area contributed by atoms with Gasteiger partial charge in [-0.3, -0.25) is 9.78 Å². The van der Waals surface area contributed by atoms with Crippen LogP contribution < -0.4 is 10.6 Å². The van der Waals surface area contributed by atoms with E-state index in [1.165, 1.54) is 0 Å². The summed E-state index contributed by atoms with van der Waals surface area (Å²) in [5, 5.41) is 15.0. The number of anilines is 1. The molecule has 0 unspecified atom stereocenters. The lowest BCUT2D eigenvalue weighted by atomic mass is 9.88. The van der Waals surface area contributed by atoms with Crippen LogP contribution in [0.4, 0.5) is 5.69 Å². The summed E-state index contributed by atoms with van der Waals surface area (Å²) in [6, 6.07) is 3.61. The molecule has 0 radical (unpaired) electrons. The summed E-state index contributed by atoms with van der Waals surface area (Å²) in [6.07, 6.45) is 3.38. The molecule has 1 rings (SSSR count). The molecule has 0 saturated carbocycles. The van der Waals surface area contributed by atoms with Gasteiger partial charge < -0.3 is 15.7 Å². The monoisotopic (exact) mass is 279 g/mol. The summed E-state index contributed by atoms with van der Waals surface area (Å²) in [5.74, 6) is -0.157. The number of aromatic nitrogens is 1. The van der Waals surface area contributed by atoms with Crippen LogP contribution in [0.5, 0.6) is 0 Å². The van der Waals surface area contributed by atoms with Gasteiger partial charge in [0.1, 0.15) is 5.69 Å². The maximum Gasteiger partial charge on any atom is 0.269 e. The SMILES string of the molecule is CCNC(=O)c1cc(NCC(C)(C)CCCO)ccn1. The number of amides is 1. The number of hydrogen-bond donors (Lipinski definition) is 3. The Labute approximate surface area is 120 Å². The topological polar surface area (TPSA) is 74.2 Å². The molecule has 0 aliphatic heterocycles. The van der Waals surface area contributed by atoms with E-state index < -0.39 is 0 Å². The normalized spacial score (nSPS) is 11.2. The van der Waals surface area contributed by atoms with E-state index in [1.807, 2.05) is 13.0 Å². The van der Waals surface area contributed by atoms with Gasteiger partial charge in [0, 0.05) is 31.6 Å². The molecule has 0 bridgehead atoms. The van der Waals surface area contributed by atoms with E-state index in [2.05, 4.69) is 29.5 Å². The predicted molar refractivity (Wildman–Crippen MR) is 80.8 cm³/mol. The van der Waals surface area contributed by atoms with Gasteiger partial charge in [0.2, 0.25) is 0 Å². The van der Waals surface area contributed by atoms with Gasteiger partial charge in [-0.2, -0.15) is 0 Å². The van der Waals surface area contributed by atoms with Crippen LogP contribution in [-0.4, -0.2) is 35.7 Å². The fraction of sp³-hybridized carbons (Fsp3) is 0.600. The lowest BCUT2D eigenvalue weighted by Crippen LogP contribution is -2.25. The van der Waals surface area contributed by atoms with Gasteiger partial charge >= 0.3 is 0 Å². The number of carbonyl (C=O) groups excluding carboxylic acids is 1. The summed E-state index contributed by atoms with van der Waals surface area (Å²) < 4.78 is 0. The molecule has 0 aromatic carbocycles. The molecule has 5 nitrogen and oxygen atoms in total. The fourth-order valence-corrected chi connectivity index (χ4v) is 1.90. The van der Waals surface area contributed by atoms with Crippen molar-refractivity contribution < 1.29 is 9.90 Å². The molecule has 20 heavy (non-hydrogen) atoms. The maximum absolute atomic E-state index is 11.7. The molecule has 1 aromatic heterocycles. The Bertz CT molecular complexity index is 433. The van der Waals surface area contributed by atoms with Crippen molar-refractivity contribution >= 4 is 11.6 Å². The van der Waals surface area contributed by atoms with Crippen molar-refractivity contribution in [3.05, 3.63) is 24.0 Å². The Morgan fingerprint density at radius 2 is 2.20 bits per heavy atom. The molecule has 3 N–H and O–H groups in total. The van der Waals surface area contributed by atoms with Gasteiger partial charge in [0.15, 0.2) is 0 Å². The smallest absolute Gasteiger partial charge is 0.269 e. The first-order valence-corrected chi connectivity index (χ1v) is 7.07. The molecule has 1 amide bonds. The average Bonchev–Trinajstić information content (AvgIpc) is 2.44. The molecule has 112 valence electrons. The van der Waals surface area contributed by atoms with E-state index in [0.717, 1.165) is 25.1 Å². The van der Waals surface area contributed by atoms with Crippen LogP contribution in [0.3, 0.4) is 0 Å². The second-order valence-corrected chi connectivity index (χ2v) is 5.63. The van der Waals surface area contributed by atoms with Gasteiger partial charge in [-0.25, -0.2) is 0 Å². The summed E-state index contributed by atoms with van der Waals surface area (Å²) >= 11 is 0. The van der Waals surface area contributed by atoms with Crippen molar-refractivity contribution in [1.29, 1.82) is 0 Å². The molecule has 0 fully saturated rings. The molecule has 0 saturated heterocycles. The van der Waals surface area contributed by atoms with E-state index in [-0.39, 0.29) is 17.9 Å². The largest absolute Gasteiger partial charge is 0.396 e. The number of carbonyl (C=O) groups is 1. The van der Waals surface area contributed by atoms with Crippen LogP contribution >= 0.6 is 0 Å². The first kappa shape index (κ1) is 16.4. The minimum Gasteiger partial charge on any atom is -0.396 e. The Hall–Kier alpha value is -1.62. The zero-order valence-electron chi connectivity index (χ0n) is 12.6. The number of pyridine rings is 1. The molecule has 5 heteroatoms. The molecule has 0 aliphatic rings. The molecule has 0 aliphatic carbocycles. The van der Waals surface area contributed by atoms with Gasteiger partial charge in [0.05, 0.1) is 0 Å². The molecular formula is C15H25N3O2. The first-order valence-electron chi connectivity index (χ1n) is 7.07. The van der Waals surface area contributed by atoms with Crippen LogP contribution in [0.25, 0.3) is 0 Å². The number of nitrogens with zero attached hydrogens (tertiary/aromatic N) is 1. The molecule has 1 aromatic rings. The van der Waals surface area contributed by atoms with Gasteiger partial charge in [-0.1, -0.05) is 13.8 Å². The second kappa shape index (κ2) is 7.85. The first-order chi connectivity index (χ1) is 9.48. The Morgan fingerprint density at radius 1 is 1.45 bits per heavy atom. The Morgan fingerprint density at radius 3 is 2.85 bits per heavy atom. The second-order valence-electron chi connectivity index (χ2n) is 5.63.